The van der Waals surface area contributed by atoms with E-state index in [1.807, 2.05) is 0 Å². The van der Waals surface area contributed by atoms with Crippen LogP contribution in [0.15, 0.2) is 12.4 Å². The van der Waals surface area contributed by atoms with Crippen molar-refractivity contribution in [1.82, 2.24) is 13.7 Å². The maximum absolute atomic E-state index is 4.05. The van der Waals surface area contributed by atoms with E-state index in [0.29, 0.717) is 0 Å². The third-order valence-corrected chi connectivity index (χ3v) is 2.55. The Kier molecular flexibility index (Phi) is 1.10. The molecular weight excluding hydrogens is 154 g/mol. The van der Waals surface area contributed by atoms with E-state index >= 15 is 0 Å². The van der Waals surface area contributed by atoms with Gasteiger partial charge in [0.05, 0.1) is 3.76 Å². The summed E-state index contributed by atoms with van der Waals surface area (Å²) in [6, 6.07) is 0. The molecule has 0 bridgehead atoms. The fourth-order valence-corrected chi connectivity index (χ4v) is 1.94. The molecule has 0 atom stereocenters. The van der Waals surface area contributed by atoms with Crippen molar-refractivity contribution in [3.8, 4) is 0 Å². The van der Waals surface area contributed by atoms with Crippen LogP contribution in [0.3, 0.4) is 0 Å². The van der Waals surface area contributed by atoms with Gasteiger partial charge >= 0.3 is 9.66 Å². The summed E-state index contributed by atoms with van der Waals surface area (Å²) in [7, 11) is 0. The molecule has 3 nitrogen and oxygen atoms in total. The molecule has 0 aliphatic rings. The number of rotatable bonds is 0. The van der Waals surface area contributed by atoms with Gasteiger partial charge in [-0.15, -0.1) is 0 Å². The largest absolute Gasteiger partial charge is 0.306 e. The lowest BCUT2D eigenvalue weighted by Crippen LogP contribution is -1.70. The van der Waals surface area contributed by atoms with Gasteiger partial charge in [0.25, 0.3) is 0 Å². The Morgan fingerprint density at radius 2 is 2.22 bits per heavy atom. The van der Waals surface area contributed by atoms with Crippen LogP contribution in [0.1, 0.15) is 0 Å². The quantitative estimate of drug-likeness (QED) is 0.541. The summed E-state index contributed by atoms with van der Waals surface area (Å²) in [5.74, 6) is 0. The molecule has 0 amide bonds. The lowest BCUT2D eigenvalue weighted by atomic mass is 10.8. The van der Waals surface area contributed by atoms with E-state index in [1.165, 1.54) is 23.1 Å². The monoisotopic (exact) mass is 156 g/mol. The van der Waals surface area contributed by atoms with E-state index in [2.05, 4.69) is 13.7 Å². The van der Waals surface area contributed by atoms with Crippen molar-refractivity contribution in [2.45, 2.75) is 0 Å². The topological polar surface area (TPSA) is 38.7 Å². The number of fused-ring (bicyclic) bond motifs is 1. The van der Waals surface area contributed by atoms with E-state index in [0.717, 1.165) is 9.66 Å². The van der Waals surface area contributed by atoms with Crippen LogP contribution in [-0.4, -0.2) is 13.7 Å². The van der Waals surface area contributed by atoms with E-state index in [9.17, 15) is 0 Å². The van der Waals surface area contributed by atoms with Crippen molar-refractivity contribution in [2.24, 2.45) is 0 Å². The van der Waals surface area contributed by atoms with Gasteiger partial charge in [-0.25, -0.2) is 9.97 Å². The van der Waals surface area contributed by atoms with Crippen LogP contribution in [0.4, 0.5) is 0 Å². The summed E-state index contributed by atoms with van der Waals surface area (Å²) in [6.07, 6.45) is 3.35. The Bertz CT molecular complexity index is 288. The van der Waals surface area contributed by atoms with E-state index in [4.69, 9.17) is 0 Å². The highest BCUT2D eigenvalue weighted by Crippen LogP contribution is 2.15. The molecule has 0 N–H and O–H groups in total. The van der Waals surface area contributed by atoms with Gasteiger partial charge in [-0.3, -0.25) is 0 Å². The second-order valence-corrected chi connectivity index (χ2v) is 3.16. The summed E-state index contributed by atoms with van der Waals surface area (Å²) >= 11 is 2.76. The lowest BCUT2D eigenvalue weighted by Gasteiger charge is -1.71. The molecule has 0 aliphatic heterocycles. The molecule has 0 fully saturated rings. The average Bonchev–Trinajstić information content (AvgIpc) is 2.33. The second kappa shape index (κ2) is 1.93. The summed E-state index contributed by atoms with van der Waals surface area (Å²) < 4.78 is 3.96. The first kappa shape index (κ1) is 5.13. The molecule has 2 rings (SSSR count). The van der Waals surface area contributed by atoms with Gasteiger partial charge in [0.1, 0.15) is 0 Å². The normalized spacial score (nSPS) is 10.2. The number of hydrogen-bond donors (Lipinski definition) is 0. The summed E-state index contributed by atoms with van der Waals surface area (Å²) in [4.78, 5) is 9.93. The van der Waals surface area contributed by atoms with Crippen LogP contribution in [0.5, 0.6) is 0 Å². The molecule has 9 heavy (non-hydrogen) atoms. The molecule has 0 aliphatic carbocycles. The van der Waals surface area contributed by atoms with Crippen LogP contribution in [0.25, 0.3) is 9.66 Å². The zero-order valence-corrected chi connectivity index (χ0v) is 5.95. The molecule has 2 heterocycles. The smallest absolute Gasteiger partial charge is 0.217 e. The van der Waals surface area contributed by atoms with Crippen LogP contribution in [-0.2, 0) is 0 Å². The minimum atomic E-state index is 0.919. The lowest BCUT2D eigenvalue weighted by molar-refractivity contribution is 1.33. The van der Waals surface area contributed by atoms with Crippen molar-refractivity contribution >= 4 is 32.7 Å². The Morgan fingerprint density at radius 1 is 1.33 bits per heavy atom. The first-order valence-corrected chi connectivity index (χ1v) is 3.87. The third kappa shape index (κ3) is 0.778. The van der Waals surface area contributed by atoms with Gasteiger partial charge in [0, 0.05) is 12.4 Å². The zero-order valence-electron chi connectivity index (χ0n) is 4.31. The molecule has 0 aromatic carbocycles. The highest BCUT2D eigenvalue weighted by molar-refractivity contribution is 7.29. The molecule has 2 aromatic rings. The molecule has 0 saturated heterocycles. The van der Waals surface area contributed by atoms with Gasteiger partial charge in [0.2, 0.25) is 23.1 Å². The Hall–Kier alpha value is -0.680. The number of hydrogen-bond acceptors (Lipinski definition) is 4. The standard InChI is InChI=1S/C4H2N3S2/c1-2-6-4-3(5-1)8-7-9-4/h1-2H/q+1. The highest BCUT2D eigenvalue weighted by atomic mass is 32.2. The predicted octanol–water partition coefficient (Wildman–Crippen LogP) is 1.43. The number of nitrogens with zero attached hydrogens (tertiary/aromatic N) is 3. The molecule has 5 heteroatoms. The minimum absolute atomic E-state index is 0.919. The zero-order chi connectivity index (χ0) is 6.10. The first-order chi connectivity index (χ1) is 4.47. The first-order valence-electron chi connectivity index (χ1n) is 2.32. The van der Waals surface area contributed by atoms with Crippen molar-refractivity contribution in [1.29, 1.82) is 0 Å². The van der Waals surface area contributed by atoms with Gasteiger partial charge in [-0.2, -0.15) is 0 Å². The fraction of sp³-hybridized carbons (Fsp3) is 0. The third-order valence-electron chi connectivity index (χ3n) is 0.881. The highest BCUT2D eigenvalue weighted by Gasteiger charge is 2.08. The fourth-order valence-electron chi connectivity index (χ4n) is 0.527. The Morgan fingerprint density at radius 3 is 3.11 bits per heavy atom. The van der Waals surface area contributed by atoms with Gasteiger partial charge in [-0.1, -0.05) is 0 Å². The maximum Gasteiger partial charge on any atom is 0.306 e. The maximum atomic E-state index is 4.05. The van der Waals surface area contributed by atoms with Crippen molar-refractivity contribution in [3.05, 3.63) is 12.4 Å². The van der Waals surface area contributed by atoms with Crippen LogP contribution in [0.2, 0.25) is 0 Å². The van der Waals surface area contributed by atoms with Crippen molar-refractivity contribution < 1.29 is 0 Å². The minimum Gasteiger partial charge on any atom is -0.217 e. The van der Waals surface area contributed by atoms with Gasteiger partial charge < -0.3 is 0 Å². The van der Waals surface area contributed by atoms with Gasteiger partial charge in [-0.05, 0) is 0 Å². The van der Waals surface area contributed by atoms with E-state index in [-0.39, 0.29) is 0 Å². The molecule has 0 spiro atoms. The Labute approximate surface area is 59.3 Å². The average molecular weight is 156 g/mol. The second-order valence-electron chi connectivity index (χ2n) is 1.42. The van der Waals surface area contributed by atoms with Crippen LogP contribution in [0, 0.1) is 0 Å². The molecular formula is C4H2N3S2+. The Balaban J connectivity index is 2.95. The van der Waals surface area contributed by atoms with Crippen molar-refractivity contribution in [2.75, 3.05) is 0 Å². The van der Waals surface area contributed by atoms with Gasteiger partial charge in [0.15, 0.2) is 0 Å². The van der Waals surface area contributed by atoms with E-state index < -0.39 is 0 Å². The van der Waals surface area contributed by atoms with Crippen LogP contribution < -0.4 is 0 Å². The summed E-state index contributed by atoms with van der Waals surface area (Å²) in [5.41, 5.74) is 0. The van der Waals surface area contributed by atoms with Crippen molar-refractivity contribution in [3.63, 3.8) is 0 Å². The molecule has 0 radical (unpaired) electrons. The predicted molar refractivity (Wildman–Crippen MR) is 37.5 cm³/mol. The molecule has 2 aromatic heterocycles. The van der Waals surface area contributed by atoms with Crippen LogP contribution >= 0.6 is 23.1 Å². The molecule has 0 unspecified atom stereocenters. The molecule has 0 saturated carbocycles. The number of aromatic nitrogens is 3. The SMILES string of the molecule is c1cnc2[s+]nsc2n1. The summed E-state index contributed by atoms with van der Waals surface area (Å²) in [5, 5.41) is 0. The molecule has 44 valence electrons. The van der Waals surface area contributed by atoms with E-state index in [1.54, 1.807) is 12.4 Å². The summed E-state index contributed by atoms with van der Waals surface area (Å²) in [6.45, 7) is 0.